The van der Waals surface area contributed by atoms with Crippen molar-refractivity contribution in [1.29, 1.82) is 0 Å². The van der Waals surface area contributed by atoms with E-state index in [1.54, 1.807) is 10.9 Å². The number of hydrogen-bond acceptors (Lipinski definition) is 6. The number of amides is 1. The molecular formula is C22H26FN7O. The van der Waals surface area contributed by atoms with E-state index in [0.717, 1.165) is 48.0 Å². The van der Waals surface area contributed by atoms with Crippen molar-refractivity contribution in [2.45, 2.75) is 25.1 Å². The minimum absolute atomic E-state index is 0.0665. The fraction of sp³-hybridized carbons (Fsp3) is 0.455. The molecule has 0 bridgehead atoms. The standard InChI is InChI=1S/C22H26FN7O/c1-29-13-20(27-28-29)15-3-4-16-9-25-21(7-17(16)6-15)26-22(31)19-5-2-14(8-24-19)10-30-11-18(23)12-30/h3-4,6-7,9,13-14,18-19,24H,2,5,8,10-12H2,1H3,(H,25,26,31)/t14-,19+/m1/s1. The van der Waals surface area contributed by atoms with E-state index in [-0.39, 0.29) is 11.9 Å². The summed E-state index contributed by atoms with van der Waals surface area (Å²) >= 11 is 0. The predicted octanol–water partition coefficient (Wildman–Crippen LogP) is 1.99. The third kappa shape index (κ3) is 4.42. The second-order valence-electron chi connectivity index (χ2n) is 8.62. The smallest absolute Gasteiger partial charge is 0.242 e. The molecule has 31 heavy (non-hydrogen) atoms. The highest BCUT2D eigenvalue weighted by Gasteiger charge is 2.31. The van der Waals surface area contributed by atoms with Crippen LogP contribution in [0.3, 0.4) is 0 Å². The molecule has 2 N–H and O–H groups in total. The summed E-state index contributed by atoms with van der Waals surface area (Å²) in [5.41, 5.74) is 1.76. The number of aryl methyl sites for hydroxylation is 1. The predicted molar refractivity (Wildman–Crippen MR) is 116 cm³/mol. The number of carbonyl (C=O) groups is 1. The van der Waals surface area contributed by atoms with Gasteiger partial charge in [0.15, 0.2) is 0 Å². The van der Waals surface area contributed by atoms with Crippen molar-refractivity contribution in [3.05, 3.63) is 36.7 Å². The van der Waals surface area contributed by atoms with Crippen LogP contribution in [0.2, 0.25) is 0 Å². The molecule has 3 aromatic rings. The van der Waals surface area contributed by atoms with Gasteiger partial charge in [0.05, 0.1) is 12.2 Å². The molecule has 4 heterocycles. The lowest BCUT2D eigenvalue weighted by atomic mass is 9.93. The summed E-state index contributed by atoms with van der Waals surface area (Å²) in [6, 6.07) is 7.66. The van der Waals surface area contributed by atoms with Gasteiger partial charge in [-0.3, -0.25) is 14.4 Å². The van der Waals surface area contributed by atoms with E-state index in [1.807, 2.05) is 37.5 Å². The van der Waals surface area contributed by atoms with Gasteiger partial charge in [-0.25, -0.2) is 9.37 Å². The minimum Gasteiger partial charge on any atom is -0.309 e. The summed E-state index contributed by atoms with van der Waals surface area (Å²) in [7, 11) is 1.83. The Hall–Kier alpha value is -2.91. The Labute approximate surface area is 179 Å². The number of aromatic nitrogens is 4. The van der Waals surface area contributed by atoms with Crippen molar-refractivity contribution in [2.75, 3.05) is 31.5 Å². The van der Waals surface area contributed by atoms with Crippen LogP contribution in [0.15, 0.2) is 36.7 Å². The van der Waals surface area contributed by atoms with Gasteiger partial charge in [-0.05, 0) is 42.8 Å². The Morgan fingerprint density at radius 2 is 2.13 bits per heavy atom. The molecule has 0 spiro atoms. The quantitative estimate of drug-likeness (QED) is 0.653. The normalized spacial score (nSPS) is 22.4. The number of carbonyl (C=O) groups excluding carboxylic acids is 1. The average molecular weight is 423 g/mol. The molecule has 2 aromatic heterocycles. The van der Waals surface area contributed by atoms with Gasteiger partial charge in [0.25, 0.3) is 0 Å². The molecule has 2 atom stereocenters. The Morgan fingerprint density at radius 1 is 1.26 bits per heavy atom. The molecule has 1 aromatic carbocycles. The summed E-state index contributed by atoms with van der Waals surface area (Å²) in [5.74, 6) is 0.935. The second-order valence-corrected chi connectivity index (χ2v) is 8.62. The topological polar surface area (TPSA) is 88.0 Å². The van der Waals surface area contributed by atoms with Crippen molar-refractivity contribution in [3.63, 3.8) is 0 Å². The lowest BCUT2D eigenvalue weighted by molar-refractivity contribution is -0.118. The van der Waals surface area contributed by atoms with Crippen LogP contribution in [0.4, 0.5) is 10.2 Å². The highest BCUT2D eigenvalue weighted by Crippen LogP contribution is 2.25. The van der Waals surface area contributed by atoms with Gasteiger partial charge in [0.2, 0.25) is 5.91 Å². The SMILES string of the molecule is Cn1cc(-c2ccc3cnc(NC(=O)[C@@H]4CC[C@@H](CN5CC(F)C5)CN4)cc3c2)nn1. The van der Waals surface area contributed by atoms with E-state index >= 15 is 0 Å². The number of piperidine rings is 1. The first-order valence-electron chi connectivity index (χ1n) is 10.7. The first kappa shape index (κ1) is 20.0. The Morgan fingerprint density at radius 3 is 2.84 bits per heavy atom. The van der Waals surface area contributed by atoms with Crippen LogP contribution in [-0.2, 0) is 11.8 Å². The fourth-order valence-corrected chi connectivity index (χ4v) is 4.38. The molecule has 0 radical (unpaired) electrons. The van der Waals surface area contributed by atoms with Gasteiger partial charge in [-0.2, -0.15) is 0 Å². The number of halogens is 1. The van der Waals surface area contributed by atoms with Crippen LogP contribution in [0.25, 0.3) is 22.0 Å². The molecule has 0 aliphatic carbocycles. The maximum atomic E-state index is 13.0. The van der Waals surface area contributed by atoms with Crippen LogP contribution in [0.5, 0.6) is 0 Å². The number of benzene rings is 1. The van der Waals surface area contributed by atoms with E-state index in [2.05, 4.69) is 30.8 Å². The van der Waals surface area contributed by atoms with Crippen LogP contribution in [0.1, 0.15) is 12.8 Å². The van der Waals surface area contributed by atoms with Gasteiger partial charge in [0.1, 0.15) is 17.7 Å². The summed E-state index contributed by atoms with van der Waals surface area (Å²) in [6.07, 6.45) is 4.70. The maximum absolute atomic E-state index is 13.0. The molecule has 2 saturated heterocycles. The molecule has 2 aliphatic heterocycles. The summed E-state index contributed by atoms with van der Waals surface area (Å²) in [4.78, 5) is 19.3. The third-order valence-electron chi connectivity index (χ3n) is 6.13. The highest BCUT2D eigenvalue weighted by atomic mass is 19.1. The summed E-state index contributed by atoms with van der Waals surface area (Å²) in [5, 5.41) is 16.4. The first-order chi connectivity index (χ1) is 15.0. The monoisotopic (exact) mass is 423 g/mol. The molecular weight excluding hydrogens is 397 g/mol. The lowest BCUT2D eigenvalue weighted by Crippen LogP contribution is -2.53. The number of nitrogens with zero attached hydrogens (tertiary/aromatic N) is 5. The van der Waals surface area contributed by atoms with Crippen molar-refractivity contribution in [3.8, 4) is 11.3 Å². The second kappa shape index (κ2) is 8.32. The molecule has 162 valence electrons. The highest BCUT2D eigenvalue weighted by molar-refractivity contribution is 5.96. The summed E-state index contributed by atoms with van der Waals surface area (Å²) < 4.78 is 14.6. The van der Waals surface area contributed by atoms with E-state index in [4.69, 9.17) is 0 Å². The number of pyridine rings is 1. The van der Waals surface area contributed by atoms with Gasteiger partial charge >= 0.3 is 0 Å². The Balaban J connectivity index is 1.21. The number of anilines is 1. The molecule has 0 unspecified atom stereocenters. The number of alkyl halides is 1. The van der Waals surface area contributed by atoms with Gasteiger partial charge in [-0.1, -0.05) is 17.3 Å². The van der Waals surface area contributed by atoms with E-state index < -0.39 is 6.17 Å². The van der Waals surface area contributed by atoms with Crippen molar-refractivity contribution >= 4 is 22.5 Å². The molecule has 9 heteroatoms. The van der Waals surface area contributed by atoms with Crippen LogP contribution in [-0.4, -0.2) is 69.2 Å². The van der Waals surface area contributed by atoms with E-state index in [0.29, 0.717) is 24.8 Å². The van der Waals surface area contributed by atoms with Gasteiger partial charge in [0, 0.05) is 43.8 Å². The third-order valence-corrected chi connectivity index (χ3v) is 6.13. The van der Waals surface area contributed by atoms with Crippen molar-refractivity contribution in [1.82, 2.24) is 30.2 Å². The Bertz CT molecular complexity index is 1090. The van der Waals surface area contributed by atoms with E-state index in [1.165, 1.54) is 0 Å². The van der Waals surface area contributed by atoms with Crippen molar-refractivity contribution < 1.29 is 9.18 Å². The first-order valence-corrected chi connectivity index (χ1v) is 10.7. The zero-order chi connectivity index (χ0) is 21.4. The van der Waals surface area contributed by atoms with Gasteiger partial charge in [-0.15, -0.1) is 5.10 Å². The minimum atomic E-state index is -0.666. The van der Waals surface area contributed by atoms with Crippen LogP contribution >= 0.6 is 0 Å². The molecule has 1 amide bonds. The molecule has 2 aliphatic rings. The molecule has 0 saturated carbocycles. The maximum Gasteiger partial charge on any atom is 0.242 e. The molecule has 8 nitrogen and oxygen atoms in total. The van der Waals surface area contributed by atoms with Crippen LogP contribution < -0.4 is 10.6 Å². The number of likely N-dealkylation sites (tertiary alicyclic amines) is 1. The number of fused-ring (bicyclic) bond motifs is 1. The van der Waals surface area contributed by atoms with Crippen LogP contribution in [0, 0.1) is 5.92 Å². The number of nitrogens with one attached hydrogen (secondary N) is 2. The fourth-order valence-electron chi connectivity index (χ4n) is 4.38. The Kier molecular flexibility index (Phi) is 5.37. The zero-order valence-corrected chi connectivity index (χ0v) is 17.5. The zero-order valence-electron chi connectivity index (χ0n) is 17.5. The number of hydrogen-bond donors (Lipinski definition) is 2. The summed E-state index contributed by atoms with van der Waals surface area (Å²) in [6.45, 7) is 2.78. The largest absolute Gasteiger partial charge is 0.309 e. The molecule has 2 fully saturated rings. The number of rotatable bonds is 5. The average Bonchev–Trinajstić information content (AvgIpc) is 3.19. The lowest BCUT2D eigenvalue weighted by Gasteiger charge is -2.39. The van der Waals surface area contributed by atoms with E-state index in [9.17, 15) is 9.18 Å². The van der Waals surface area contributed by atoms with Gasteiger partial charge < -0.3 is 10.6 Å². The van der Waals surface area contributed by atoms with Crippen molar-refractivity contribution in [2.24, 2.45) is 13.0 Å². The molecule has 5 rings (SSSR count).